The number of rotatable bonds is 8. The monoisotopic (exact) mass is 1550 g/mol. The third kappa shape index (κ3) is 18.7. The lowest BCUT2D eigenvalue weighted by atomic mass is 9.99. The topological polar surface area (TPSA) is 110 Å². The van der Waals surface area contributed by atoms with Gasteiger partial charge >= 0.3 is 15.4 Å². The molecule has 0 amide bonds. The van der Waals surface area contributed by atoms with E-state index in [1.165, 1.54) is 63.7 Å². The zero-order valence-electron chi connectivity index (χ0n) is 50.9. The molecule has 2 N–H and O–H groups in total. The molecule has 8 nitrogen and oxygen atoms in total. The average Bonchev–Trinajstić information content (AvgIpc) is 0.834. The molecule has 0 bridgehead atoms. The van der Waals surface area contributed by atoms with E-state index < -0.39 is 0 Å². The summed E-state index contributed by atoms with van der Waals surface area (Å²) in [5.41, 5.74) is 10.7. The molecule has 16 aromatic rings. The van der Waals surface area contributed by atoms with Crippen molar-refractivity contribution in [2.45, 2.75) is 0 Å². The van der Waals surface area contributed by atoms with E-state index in [4.69, 9.17) is 54.2 Å². The lowest BCUT2D eigenvalue weighted by molar-refractivity contribution is 0.453. The van der Waals surface area contributed by atoms with E-state index in [-0.39, 0.29) is 10.6 Å². The van der Waals surface area contributed by atoms with E-state index in [9.17, 15) is 0 Å². The number of halogens is 6. The Morgan fingerprint density at radius 1 is 0.302 bits per heavy atom. The van der Waals surface area contributed by atoms with Crippen molar-refractivity contribution in [3.05, 3.63) is 344 Å². The highest BCUT2D eigenvalue weighted by atomic mass is 127. The van der Waals surface area contributed by atoms with Crippen LogP contribution in [0, 0.1) is 3.57 Å². The molecule has 2 heterocycles. The highest BCUT2D eigenvalue weighted by molar-refractivity contribution is 14.1. The molecule has 2 aromatic heterocycles. The van der Waals surface area contributed by atoms with Crippen LogP contribution >= 0.6 is 89.3 Å². The Bertz CT molecular complexity index is 5240. The molecule has 466 valence electrons. The standard InChI is InChI=1S/C24H15ClN2.C16H12BO2.C16H11Br.C10H8BO2.C8H4Cl2N2.C6H4BrI/c25-24-26-22-8-4-3-7-21(22)23(27-24)18-12-9-17(10-13-18)20-14-11-16-5-1-2-6-19(16)15-20;18-17-19-16-9-7-13(8-10-16)15-6-5-12-3-1-2-4-14(12)11-15;17-16-9-7-13(8-10-16)15-6-5-12-3-1-2-4-14(12)11-15;12-11-13-10-6-5-8-3-1-2-4-9(8)7-10;9-7-5-3-1-2-4-6(5)11-8(10)12-7;7-5-1-3-6(8)4-2-5/h1-15H;1-11,18H;1-11H;1-7,12H;1-4H;1-4H. The van der Waals surface area contributed by atoms with Crippen molar-refractivity contribution < 1.29 is 19.4 Å². The molecule has 0 aliphatic carbocycles. The van der Waals surface area contributed by atoms with Crippen molar-refractivity contribution in [3.8, 4) is 56.1 Å². The van der Waals surface area contributed by atoms with E-state index >= 15 is 0 Å². The molecular weight excluding hydrogens is 1500 g/mol. The van der Waals surface area contributed by atoms with Gasteiger partial charge in [-0.25, -0.2) is 19.9 Å². The second-order valence-corrected chi connectivity index (χ2v) is 25.5. The van der Waals surface area contributed by atoms with Gasteiger partial charge in [0.25, 0.3) is 0 Å². The van der Waals surface area contributed by atoms with E-state index in [0.29, 0.717) is 32.0 Å². The number of aromatic nitrogens is 4. The van der Waals surface area contributed by atoms with Crippen LogP contribution in [0.5, 0.6) is 11.5 Å². The van der Waals surface area contributed by atoms with Gasteiger partial charge in [0, 0.05) is 28.9 Å². The van der Waals surface area contributed by atoms with Gasteiger partial charge in [-0.05, 0) is 219 Å². The smallest absolute Gasteiger partial charge is 0.537 e. The zero-order valence-corrected chi connectivity index (χ0v) is 58.5. The van der Waals surface area contributed by atoms with Gasteiger partial charge < -0.3 is 19.4 Å². The maximum Gasteiger partial charge on any atom is 0.569 e. The van der Waals surface area contributed by atoms with E-state index in [1.807, 2.05) is 140 Å². The van der Waals surface area contributed by atoms with Crippen LogP contribution in [-0.2, 0) is 0 Å². The molecule has 0 atom stereocenters. The predicted octanol–water partition coefficient (Wildman–Crippen LogP) is 23.2. The summed E-state index contributed by atoms with van der Waals surface area (Å²) in [6, 6.07) is 106. The maximum atomic E-state index is 8.58. The molecule has 16 heteroatoms. The van der Waals surface area contributed by atoms with Crippen molar-refractivity contribution in [2.24, 2.45) is 0 Å². The fraction of sp³-hybridized carbons (Fsp3) is 0. The number of nitrogens with zero attached hydrogens (tertiary/aromatic N) is 4. The second-order valence-electron chi connectivity index (χ2n) is 21.3. The number of benzene rings is 14. The fourth-order valence-electron chi connectivity index (χ4n) is 10.4. The molecule has 0 spiro atoms. The van der Waals surface area contributed by atoms with E-state index in [1.54, 1.807) is 0 Å². The SMILES string of the molecule is Brc1ccc(-c2ccc3ccccc3c2)cc1.Brc1ccc(I)cc1.Clc1nc(-c2ccc(-c3ccc4ccccc4c3)cc2)c2ccccc2n1.Clc1nc(Cl)c2ccccc2n1.O[B]Oc1ccc(-c2ccc3ccccc3c2)cc1.O[B]Oc1ccc2ccccc2c1. The van der Waals surface area contributed by atoms with Crippen LogP contribution in [0.2, 0.25) is 15.7 Å². The summed E-state index contributed by atoms with van der Waals surface area (Å²) >= 11 is 26.7. The number of hydrogen-bond donors (Lipinski definition) is 2. The Morgan fingerprint density at radius 3 is 1.08 bits per heavy atom. The zero-order chi connectivity index (χ0) is 66.6. The summed E-state index contributed by atoms with van der Waals surface area (Å²) in [7, 11) is 1.37. The molecule has 0 saturated carbocycles. The molecule has 2 radical (unpaired) electrons. The molecule has 0 fully saturated rings. The first kappa shape index (κ1) is 68.4. The molecule has 14 aromatic carbocycles. The predicted molar refractivity (Wildman–Crippen MR) is 417 cm³/mol. The molecule has 16 rings (SSSR count). The van der Waals surface area contributed by atoms with Crippen LogP contribution in [0.15, 0.2) is 324 Å². The number of fused-ring (bicyclic) bond motifs is 6. The third-order valence-corrected chi connectivity index (χ3v) is 17.5. The van der Waals surface area contributed by atoms with Crippen LogP contribution in [-0.4, -0.2) is 45.4 Å². The quantitative estimate of drug-likeness (QED) is 0.0670. The van der Waals surface area contributed by atoms with Crippen molar-refractivity contribution in [3.63, 3.8) is 0 Å². The summed E-state index contributed by atoms with van der Waals surface area (Å²) in [6.07, 6.45) is 0. The van der Waals surface area contributed by atoms with E-state index in [2.05, 4.69) is 250 Å². The average molecular weight is 1550 g/mol. The fourth-order valence-corrected chi connectivity index (χ4v) is 11.9. The normalized spacial score (nSPS) is 10.5. The summed E-state index contributed by atoms with van der Waals surface area (Å²) in [4.78, 5) is 16.6. The van der Waals surface area contributed by atoms with E-state index in [0.717, 1.165) is 58.3 Å². The van der Waals surface area contributed by atoms with Gasteiger partial charge in [-0.1, -0.05) is 262 Å². The second kappa shape index (κ2) is 34.1. The lowest BCUT2D eigenvalue weighted by Gasteiger charge is -2.08. The van der Waals surface area contributed by atoms with Gasteiger partial charge in [-0.15, -0.1) is 0 Å². The van der Waals surface area contributed by atoms with Crippen molar-refractivity contribution >= 4 is 170 Å². The van der Waals surface area contributed by atoms with Crippen molar-refractivity contribution in [2.75, 3.05) is 0 Å². The number of para-hydroxylation sites is 2. The van der Waals surface area contributed by atoms with Gasteiger partial charge in [0.15, 0.2) is 0 Å². The summed E-state index contributed by atoms with van der Waals surface area (Å²) in [6.45, 7) is 0. The Hall–Kier alpha value is -8.99. The highest BCUT2D eigenvalue weighted by Crippen LogP contribution is 2.33. The maximum absolute atomic E-state index is 8.58. The van der Waals surface area contributed by atoms with Crippen LogP contribution in [0.1, 0.15) is 0 Å². The first-order chi connectivity index (χ1) is 46.9. The van der Waals surface area contributed by atoms with Crippen LogP contribution in [0.25, 0.3) is 110 Å². The molecular formula is C80H54B2Br2Cl3IN4O4. The van der Waals surface area contributed by atoms with Crippen molar-refractivity contribution in [1.82, 2.24) is 19.9 Å². The Balaban J connectivity index is 0.000000122. The van der Waals surface area contributed by atoms with Gasteiger partial charge in [0.2, 0.25) is 10.6 Å². The third-order valence-electron chi connectivity index (χ3n) is 15.1. The Morgan fingerprint density at radius 2 is 0.625 bits per heavy atom. The van der Waals surface area contributed by atoms with Gasteiger partial charge in [-0.2, -0.15) is 0 Å². The van der Waals surface area contributed by atoms with Crippen LogP contribution in [0.4, 0.5) is 0 Å². The Labute approximate surface area is 603 Å². The minimum absolute atomic E-state index is 0.179. The number of hydrogen-bond acceptors (Lipinski definition) is 8. The van der Waals surface area contributed by atoms with Gasteiger partial charge in [0.1, 0.15) is 16.7 Å². The van der Waals surface area contributed by atoms with Gasteiger partial charge in [-0.3, -0.25) is 0 Å². The minimum Gasteiger partial charge on any atom is -0.537 e. The Kier molecular flexibility index (Phi) is 24.3. The highest BCUT2D eigenvalue weighted by Gasteiger charge is 2.11. The molecule has 0 saturated heterocycles. The first-order valence-electron chi connectivity index (χ1n) is 30.0. The summed E-state index contributed by atoms with van der Waals surface area (Å²) in [5, 5.41) is 29.5. The van der Waals surface area contributed by atoms with Crippen LogP contribution < -0.4 is 9.31 Å². The molecule has 0 aliphatic heterocycles. The van der Waals surface area contributed by atoms with Gasteiger partial charge in [0.05, 0.1) is 16.7 Å². The summed E-state index contributed by atoms with van der Waals surface area (Å²) in [5.74, 6) is 1.26. The minimum atomic E-state index is 0.179. The lowest BCUT2D eigenvalue weighted by Crippen LogP contribution is -1.99. The largest absolute Gasteiger partial charge is 0.569 e. The molecule has 0 aliphatic rings. The van der Waals surface area contributed by atoms with Crippen molar-refractivity contribution in [1.29, 1.82) is 0 Å². The summed E-state index contributed by atoms with van der Waals surface area (Å²) < 4.78 is 13.3. The first-order valence-corrected chi connectivity index (χ1v) is 33.8. The van der Waals surface area contributed by atoms with Crippen LogP contribution in [0.3, 0.4) is 0 Å². The molecule has 0 unspecified atom stereocenters. The molecule has 96 heavy (non-hydrogen) atoms.